The van der Waals surface area contributed by atoms with Crippen molar-refractivity contribution in [3.63, 3.8) is 0 Å². The van der Waals surface area contributed by atoms with Gasteiger partial charge in [-0.05, 0) is 76.0 Å². The van der Waals surface area contributed by atoms with Crippen LogP contribution in [0.15, 0.2) is 16.6 Å². The SMILES string of the molecule is Cc1cc(Br)c(I)c(C(=O)NC2CCCCC2)c1. The summed E-state index contributed by atoms with van der Waals surface area (Å²) in [6.07, 6.45) is 6.02. The zero-order valence-electron chi connectivity index (χ0n) is 10.4. The highest BCUT2D eigenvalue weighted by Gasteiger charge is 2.19. The van der Waals surface area contributed by atoms with Crippen LogP contribution in [-0.4, -0.2) is 11.9 Å². The normalized spacial score (nSPS) is 16.6. The highest BCUT2D eigenvalue weighted by atomic mass is 127. The molecule has 2 nitrogen and oxygen atoms in total. The molecule has 0 aliphatic heterocycles. The van der Waals surface area contributed by atoms with E-state index in [0.717, 1.165) is 32.0 Å². The standard InChI is InChI=1S/C14H17BrINO/c1-9-7-11(13(16)12(15)8-9)14(18)17-10-5-3-2-4-6-10/h7-8,10H,2-6H2,1H3,(H,17,18). The van der Waals surface area contributed by atoms with Crippen LogP contribution in [0.1, 0.15) is 48.0 Å². The Balaban J connectivity index is 2.13. The molecular formula is C14H17BrINO. The van der Waals surface area contributed by atoms with E-state index in [1.807, 2.05) is 19.1 Å². The summed E-state index contributed by atoms with van der Waals surface area (Å²) in [5.74, 6) is 0.0655. The van der Waals surface area contributed by atoms with Crippen LogP contribution in [0, 0.1) is 10.5 Å². The molecule has 4 heteroatoms. The van der Waals surface area contributed by atoms with E-state index in [4.69, 9.17) is 0 Å². The van der Waals surface area contributed by atoms with Crippen LogP contribution in [0.5, 0.6) is 0 Å². The van der Waals surface area contributed by atoms with Gasteiger partial charge in [-0.15, -0.1) is 0 Å². The van der Waals surface area contributed by atoms with E-state index in [-0.39, 0.29) is 5.91 Å². The molecule has 0 spiro atoms. The molecule has 0 bridgehead atoms. The van der Waals surface area contributed by atoms with Gasteiger partial charge >= 0.3 is 0 Å². The van der Waals surface area contributed by atoms with Crippen molar-refractivity contribution in [2.75, 3.05) is 0 Å². The van der Waals surface area contributed by atoms with E-state index in [1.165, 1.54) is 19.3 Å². The van der Waals surface area contributed by atoms with Gasteiger partial charge in [-0.2, -0.15) is 0 Å². The minimum absolute atomic E-state index is 0.0655. The molecule has 1 amide bonds. The van der Waals surface area contributed by atoms with Crippen molar-refractivity contribution < 1.29 is 4.79 Å². The fourth-order valence-corrected chi connectivity index (χ4v) is 3.53. The number of benzene rings is 1. The largest absolute Gasteiger partial charge is 0.349 e. The average molecular weight is 422 g/mol. The lowest BCUT2D eigenvalue weighted by Gasteiger charge is -2.23. The third kappa shape index (κ3) is 3.47. The number of amides is 1. The second kappa shape index (κ2) is 6.37. The molecule has 1 fully saturated rings. The fourth-order valence-electron chi connectivity index (χ4n) is 2.40. The molecule has 0 atom stereocenters. The first-order valence-electron chi connectivity index (χ1n) is 6.34. The third-order valence-electron chi connectivity index (χ3n) is 3.36. The van der Waals surface area contributed by atoms with Gasteiger partial charge in [-0.25, -0.2) is 0 Å². The van der Waals surface area contributed by atoms with Crippen molar-refractivity contribution >= 4 is 44.4 Å². The molecule has 1 aromatic rings. The van der Waals surface area contributed by atoms with Gasteiger partial charge in [0.05, 0.1) is 5.56 Å². The van der Waals surface area contributed by atoms with Crippen LogP contribution in [0.2, 0.25) is 0 Å². The Morgan fingerprint density at radius 2 is 2.00 bits per heavy atom. The van der Waals surface area contributed by atoms with Crippen LogP contribution in [-0.2, 0) is 0 Å². The number of halogens is 2. The number of rotatable bonds is 2. The number of carbonyl (C=O) groups is 1. The lowest BCUT2D eigenvalue weighted by atomic mass is 9.95. The van der Waals surface area contributed by atoms with Crippen LogP contribution in [0.4, 0.5) is 0 Å². The molecule has 0 unspecified atom stereocenters. The highest BCUT2D eigenvalue weighted by molar-refractivity contribution is 14.1. The first-order chi connectivity index (χ1) is 8.58. The molecule has 1 aliphatic rings. The average Bonchev–Trinajstić information content (AvgIpc) is 2.35. The van der Waals surface area contributed by atoms with Gasteiger partial charge in [0.1, 0.15) is 0 Å². The highest BCUT2D eigenvalue weighted by Crippen LogP contribution is 2.25. The van der Waals surface area contributed by atoms with Crippen molar-refractivity contribution in [1.82, 2.24) is 5.32 Å². The van der Waals surface area contributed by atoms with Crippen molar-refractivity contribution in [2.45, 2.75) is 45.1 Å². The maximum absolute atomic E-state index is 12.3. The quantitative estimate of drug-likeness (QED) is 0.703. The number of carbonyl (C=O) groups excluding carboxylic acids is 1. The van der Waals surface area contributed by atoms with Crippen LogP contribution in [0.3, 0.4) is 0 Å². The molecule has 1 N–H and O–H groups in total. The molecule has 0 radical (unpaired) electrons. The fraction of sp³-hybridized carbons (Fsp3) is 0.500. The monoisotopic (exact) mass is 421 g/mol. The van der Waals surface area contributed by atoms with Gasteiger partial charge < -0.3 is 5.32 Å². The summed E-state index contributed by atoms with van der Waals surface area (Å²) in [6, 6.07) is 4.37. The van der Waals surface area contributed by atoms with E-state index in [0.29, 0.717) is 6.04 Å². The van der Waals surface area contributed by atoms with Crippen molar-refractivity contribution in [1.29, 1.82) is 0 Å². The summed E-state index contributed by atoms with van der Waals surface area (Å²) in [4.78, 5) is 12.3. The van der Waals surface area contributed by atoms with Gasteiger partial charge in [0, 0.05) is 14.1 Å². The zero-order valence-corrected chi connectivity index (χ0v) is 14.2. The summed E-state index contributed by atoms with van der Waals surface area (Å²) in [7, 11) is 0. The predicted octanol–water partition coefficient (Wildman–Crippen LogP) is 4.42. The second-order valence-electron chi connectivity index (χ2n) is 4.92. The van der Waals surface area contributed by atoms with Gasteiger partial charge in [-0.3, -0.25) is 4.79 Å². The lowest BCUT2D eigenvalue weighted by molar-refractivity contribution is 0.0926. The van der Waals surface area contributed by atoms with Crippen LogP contribution in [0.25, 0.3) is 0 Å². The zero-order chi connectivity index (χ0) is 13.1. The van der Waals surface area contributed by atoms with E-state index >= 15 is 0 Å². The summed E-state index contributed by atoms with van der Waals surface area (Å²) in [5.41, 5.74) is 1.89. The van der Waals surface area contributed by atoms with Gasteiger partial charge in [0.15, 0.2) is 0 Å². The molecule has 18 heavy (non-hydrogen) atoms. The van der Waals surface area contributed by atoms with E-state index < -0.39 is 0 Å². The number of hydrogen-bond acceptors (Lipinski definition) is 1. The Morgan fingerprint density at radius 1 is 1.33 bits per heavy atom. The molecule has 2 rings (SSSR count). The Labute approximate surface area is 130 Å². The molecule has 0 saturated heterocycles. The van der Waals surface area contributed by atoms with Gasteiger partial charge in [0.2, 0.25) is 0 Å². The van der Waals surface area contributed by atoms with Crippen LogP contribution < -0.4 is 5.32 Å². The number of hydrogen-bond donors (Lipinski definition) is 1. The van der Waals surface area contributed by atoms with Crippen LogP contribution >= 0.6 is 38.5 Å². The van der Waals surface area contributed by atoms with Crippen molar-refractivity contribution in [3.05, 3.63) is 31.3 Å². The number of nitrogens with one attached hydrogen (secondary N) is 1. The van der Waals surface area contributed by atoms with Gasteiger partial charge in [0.25, 0.3) is 5.91 Å². The number of aryl methyl sites for hydroxylation is 1. The van der Waals surface area contributed by atoms with Crippen molar-refractivity contribution in [2.24, 2.45) is 0 Å². The summed E-state index contributed by atoms with van der Waals surface area (Å²) in [6.45, 7) is 2.01. The topological polar surface area (TPSA) is 29.1 Å². The first kappa shape index (κ1) is 14.3. The summed E-state index contributed by atoms with van der Waals surface area (Å²) < 4.78 is 1.99. The summed E-state index contributed by atoms with van der Waals surface area (Å²) in [5, 5.41) is 3.17. The third-order valence-corrected chi connectivity index (χ3v) is 5.89. The molecule has 98 valence electrons. The minimum atomic E-state index is 0.0655. The predicted molar refractivity (Wildman–Crippen MR) is 85.9 cm³/mol. The van der Waals surface area contributed by atoms with E-state index in [1.54, 1.807) is 0 Å². The maximum Gasteiger partial charge on any atom is 0.252 e. The minimum Gasteiger partial charge on any atom is -0.349 e. The van der Waals surface area contributed by atoms with E-state index in [9.17, 15) is 4.79 Å². The Kier molecular flexibility index (Phi) is 5.06. The molecule has 1 saturated carbocycles. The molecule has 0 aromatic heterocycles. The lowest BCUT2D eigenvalue weighted by Crippen LogP contribution is -2.36. The van der Waals surface area contributed by atoms with Gasteiger partial charge in [-0.1, -0.05) is 19.3 Å². The Morgan fingerprint density at radius 3 is 2.67 bits per heavy atom. The maximum atomic E-state index is 12.3. The molecule has 0 heterocycles. The second-order valence-corrected chi connectivity index (χ2v) is 6.85. The summed E-state index contributed by atoms with van der Waals surface area (Å²) >= 11 is 5.73. The smallest absolute Gasteiger partial charge is 0.252 e. The molecular weight excluding hydrogens is 405 g/mol. The molecule has 1 aliphatic carbocycles. The Bertz CT molecular complexity index is 455. The van der Waals surface area contributed by atoms with Crippen molar-refractivity contribution in [3.8, 4) is 0 Å². The van der Waals surface area contributed by atoms with E-state index in [2.05, 4.69) is 43.8 Å². The first-order valence-corrected chi connectivity index (χ1v) is 8.21. The Hall–Kier alpha value is -0.100. The molecule has 1 aromatic carbocycles.